The van der Waals surface area contributed by atoms with Gasteiger partial charge in [0.15, 0.2) is 0 Å². The van der Waals surface area contributed by atoms with E-state index in [0.29, 0.717) is 36.6 Å². The van der Waals surface area contributed by atoms with Crippen LogP contribution in [0, 0.1) is 0 Å². The first kappa shape index (κ1) is 21.7. The van der Waals surface area contributed by atoms with E-state index in [1.165, 1.54) is 4.90 Å². The van der Waals surface area contributed by atoms with E-state index in [1.54, 1.807) is 49.6 Å². The molecule has 0 aliphatic carbocycles. The SMILES string of the molecule is CCCN1C(=O)C(=O)/C(=C(/O)c2cc(OCC)ccc2Cl)C1c1cccc(OC)c1. The van der Waals surface area contributed by atoms with Gasteiger partial charge in [0.2, 0.25) is 0 Å². The summed E-state index contributed by atoms with van der Waals surface area (Å²) in [6.07, 6.45) is 0.661. The molecule has 1 unspecified atom stereocenters. The first-order valence-electron chi connectivity index (χ1n) is 9.78. The lowest BCUT2D eigenvalue weighted by molar-refractivity contribution is -0.139. The number of halogens is 1. The third-order valence-corrected chi connectivity index (χ3v) is 5.25. The Labute approximate surface area is 180 Å². The van der Waals surface area contributed by atoms with Crippen molar-refractivity contribution in [2.24, 2.45) is 0 Å². The van der Waals surface area contributed by atoms with E-state index in [2.05, 4.69) is 0 Å². The highest BCUT2D eigenvalue weighted by molar-refractivity contribution is 6.47. The van der Waals surface area contributed by atoms with Gasteiger partial charge in [-0.1, -0.05) is 30.7 Å². The van der Waals surface area contributed by atoms with Crippen LogP contribution in [-0.2, 0) is 9.59 Å². The molecule has 7 heteroatoms. The minimum atomic E-state index is -0.744. The van der Waals surface area contributed by atoms with Crippen molar-refractivity contribution in [3.05, 3.63) is 64.2 Å². The van der Waals surface area contributed by atoms with Gasteiger partial charge in [-0.15, -0.1) is 0 Å². The van der Waals surface area contributed by atoms with Crippen LogP contribution in [-0.4, -0.2) is 42.0 Å². The van der Waals surface area contributed by atoms with E-state index < -0.39 is 17.7 Å². The van der Waals surface area contributed by atoms with Crippen LogP contribution in [0.5, 0.6) is 11.5 Å². The van der Waals surface area contributed by atoms with Gasteiger partial charge in [0.25, 0.3) is 11.7 Å². The fourth-order valence-electron chi connectivity index (χ4n) is 3.60. The predicted octanol–water partition coefficient (Wildman–Crippen LogP) is 4.58. The lowest BCUT2D eigenvalue weighted by Crippen LogP contribution is -2.30. The number of benzene rings is 2. The van der Waals surface area contributed by atoms with Crippen molar-refractivity contribution in [2.45, 2.75) is 26.3 Å². The van der Waals surface area contributed by atoms with Gasteiger partial charge in [-0.2, -0.15) is 0 Å². The number of rotatable bonds is 7. The zero-order valence-corrected chi connectivity index (χ0v) is 17.9. The maximum absolute atomic E-state index is 13.0. The minimum absolute atomic E-state index is 0.00254. The van der Waals surface area contributed by atoms with Gasteiger partial charge in [-0.3, -0.25) is 9.59 Å². The maximum atomic E-state index is 13.0. The Morgan fingerprint density at radius 3 is 2.57 bits per heavy atom. The molecule has 0 radical (unpaired) electrons. The van der Waals surface area contributed by atoms with Gasteiger partial charge < -0.3 is 19.5 Å². The monoisotopic (exact) mass is 429 g/mol. The average Bonchev–Trinajstić information content (AvgIpc) is 3.00. The van der Waals surface area contributed by atoms with Crippen molar-refractivity contribution in [1.82, 2.24) is 4.90 Å². The molecule has 1 saturated heterocycles. The largest absolute Gasteiger partial charge is 0.507 e. The number of ether oxygens (including phenoxy) is 2. The summed E-state index contributed by atoms with van der Waals surface area (Å²) in [6, 6.07) is 11.2. The normalized spacial score (nSPS) is 18.0. The molecule has 3 rings (SSSR count). The second-order valence-corrected chi connectivity index (χ2v) is 7.25. The number of Topliss-reactive ketones (excluding diaryl/α,β-unsaturated/α-hetero) is 1. The van der Waals surface area contributed by atoms with Gasteiger partial charge >= 0.3 is 0 Å². The molecule has 1 fully saturated rings. The Morgan fingerprint density at radius 1 is 1.13 bits per heavy atom. The fourth-order valence-corrected chi connectivity index (χ4v) is 3.80. The lowest BCUT2D eigenvalue weighted by atomic mass is 9.95. The van der Waals surface area contributed by atoms with Crippen LogP contribution in [0.25, 0.3) is 5.76 Å². The smallest absolute Gasteiger partial charge is 0.295 e. The molecule has 0 aromatic heterocycles. The summed E-state index contributed by atoms with van der Waals surface area (Å²) in [5.74, 6) is -0.628. The third kappa shape index (κ3) is 4.00. The molecule has 1 heterocycles. The zero-order chi connectivity index (χ0) is 21.8. The standard InChI is InChI=1S/C23H24ClNO5/c1-4-11-25-20(14-7-6-8-15(12-14)29-3)19(22(27)23(25)28)21(26)17-13-16(30-5-2)9-10-18(17)24/h6-10,12-13,20,26H,4-5,11H2,1-3H3/b21-19+. The Bertz CT molecular complexity index is 1000. The minimum Gasteiger partial charge on any atom is -0.507 e. The summed E-state index contributed by atoms with van der Waals surface area (Å²) >= 11 is 6.31. The van der Waals surface area contributed by atoms with Crippen molar-refractivity contribution in [2.75, 3.05) is 20.3 Å². The number of hydrogen-bond donors (Lipinski definition) is 1. The van der Waals surface area contributed by atoms with Gasteiger partial charge in [-0.25, -0.2) is 0 Å². The van der Waals surface area contributed by atoms with Gasteiger partial charge in [0, 0.05) is 12.1 Å². The molecule has 30 heavy (non-hydrogen) atoms. The summed E-state index contributed by atoms with van der Waals surface area (Å²) in [5.41, 5.74) is 0.905. The Kier molecular flexibility index (Phi) is 6.67. The first-order chi connectivity index (χ1) is 14.4. The molecule has 1 amide bonds. The molecule has 1 N–H and O–H groups in total. The summed E-state index contributed by atoms with van der Waals surface area (Å²) in [7, 11) is 1.54. The van der Waals surface area contributed by atoms with E-state index in [9.17, 15) is 14.7 Å². The van der Waals surface area contributed by atoms with Gasteiger partial charge in [0.1, 0.15) is 17.3 Å². The molecule has 0 saturated carbocycles. The Hall–Kier alpha value is -2.99. The van der Waals surface area contributed by atoms with Gasteiger partial charge in [-0.05, 0) is 49.2 Å². The number of ketones is 1. The lowest BCUT2D eigenvalue weighted by Gasteiger charge is -2.25. The van der Waals surface area contributed by atoms with E-state index in [4.69, 9.17) is 21.1 Å². The fraction of sp³-hybridized carbons (Fsp3) is 0.304. The molecule has 158 valence electrons. The second-order valence-electron chi connectivity index (χ2n) is 6.84. The molecule has 1 atom stereocenters. The highest BCUT2D eigenvalue weighted by Crippen LogP contribution is 2.41. The van der Waals surface area contributed by atoms with E-state index in [1.807, 2.05) is 13.8 Å². The van der Waals surface area contributed by atoms with Crippen LogP contribution in [0.4, 0.5) is 0 Å². The summed E-state index contributed by atoms with van der Waals surface area (Å²) in [5, 5.41) is 11.4. The quantitative estimate of drug-likeness (QED) is 0.396. The Balaban J connectivity index is 2.22. The van der Waals surface area contributed by atoms with Crippen LogP contribution in [0.15, 0.2) is 48.0 Å². The number of nitrogens with zero attached hydrogens (tertiary/aromatic N) is 1. The van der Waals surface area contributed by atoms with Crippen molar-refractivity contribution in [1.29, 1.82) is 0 Å². The molecule has 0 bridgehead atoms. The van der Waals surface area contributed by atoms with E-state index in [0.717, 1.165) is 0 Å². The predicted molar refractivity (Wildman–Crippen MR) is 115 cm³/mol. The zero-order valence-electron chi connectivity index (χ0n) is 17.1. The van der Waals surface area contributed by atoms with Crippen LogP contribution >= 0.6 is 11.6 Å². The average molecular weight is 430 g/mol. The van der Waals surface area contributed by atoms with E-state index in [-0.39, 0.29) is 21.9 Å². The van der Waals surface area contributed by atoms with Crippen LogP contribution in [0.3, 0.4) is 0 Å². The van der Waals surface area contributed by atoms with Crippen molar-refractivity contribution in [3.8, 4) is 11.5 Å². The number of aliphatic hydroxyl groups is 1. The van der Waals surface area contributed by atoms with E-state index >= 15 is 0 Å². The molecular weight excluding hydrogens is 406 g/mol. The number of aliphatic hydroxyl groups excluding tert-OH is 1. The topological polar surface area (TPSA) is 76.1 Å². The number of hydrogen-bond acceptors (Lipinski definition) is 5. The molecule has 1 aliphatic rings. The van der Waals surface area contributed by atoms with Crippen LogP contribution in [0.1, 0.15) is 37.4 Å². The molecule has 6 nitrogen and oxygen atoms in total. The van der Waals surface area contributed by atoms with Crippen molar-refractivity contribution >= 4 is 29.1 Å². The first-order valence-corrected chi connectivity index (χ1v) is 10.2. The number of likely N-dealkylation sites (tertiary alicyclic amines) is 1. The summed E-state index contributed by atoms with van der Waals surface area (Å²) < 4.78 is 10.8. The summed E-state index contributed by atoms with van der Waals surface area (Å²) in [6.45, 7) is 4.57. The third-order valence-electron chi connectivity index (χ3n) is 4.92. The van der Waals surface area contributed by atoms with Crippen molar-refractivity contribution < 1.29 is 24.2 Å². The molecular formula is C23H24ClNO5. The highest BCUT2D eigenvalue weighted by atomic mass is 35.5. The number of carbonyl (C=O) groups is 2. The number of methoxy groups -OCH3 is 1. The second kappa shape index (κ2) is 9.22. The summed E-state index contributed by atoms with van der Waals surface area (Å²) in [4.78, 5) is 27.2. The van der Waals surface area contributed by atoms with Crippen LogP contribution < -0.4 is 9.47 Å². The maximum Gasteiger partial charge on any atom is 0.295 e. The molecule has 0 spiro atoms. The highest BCUT2D eigenvalue weighted by Gasteiger charge is 2.46. The number of amides is 1. The number of carbonyl (C=O) groups excluding carboxylic acids is 2. The molecule has 2 aromatic rings. The van der Waals surface area contributed by atoms with Crippen LogP contribution in [0.2, 0.25) is 5.02 Å². The van der Waals surface area contributed by atoms with Gasteiger partial charge in [0.05, 0.1) is 30.4 Å². The molecule has 2 aromatic carbocycles. The Morgan fingerprint density at radius 2 is 1.90 bits per heavy atom. The molecule has 1 aliphatic heterocycles. The van der Waals surface area contributed by atoms with Crippen molar-refractivity contribution in [3.63, 3.8) is 0 Å².